The summed E-state index contributed by atoms with van der Waals surface area (Å²) in [6.45, 7) is 1.21. The molecule has 0 bridgehead atoms. The molecular weight excluding hydrogens is 400 g/mol. The third-order valence-electron chi connectivity index (χ3n) is 4.83. The maximum atomic E-state index is 13.9. The van der Waals surface area contributed by atoms with E-state index in [1.54, 1.807) is 0 Å². The Morgan fingerprint density at radius 1 is 1.14 bits per heavy atom. The van der Waals surface area contributed by atoms with Gasteiger partial charge >= 0.3 is 6.18 Å². The van der Waals surface area contributed by atoms with Crippen LogP contribution in [-0.4, -0.2) is 14.6 Å². The third-order valence-corrected chi connectivity index (χ3v) is 4.83. The summed E-state index contributed by atoms with van der Waals surface area (Å²) in [5.41, 5.74) is -1.86. The average molecular weight is 415 g/mol. The van der Waals surface area contributed by atoms with Crippen LogP contribution in [0, 0.1) is 23.4 Å². The first-order valence-electron chi connectivity index (χ1n) is 8.90. The molecule has 0 amide bonds. The van der Waals surface area contributed by atoms with Gasteiger partial charge in [0.05, 0.1) is 0 Å². The van der Waals surface area contributed by atoms with Crippen LogP contribution < -0.4 is 4.74 Å². The Hall–Kier alpha value is -2.78. The molecule has 1 saturated carbocycles. The lowest BCUT2D eigenvalue weighted by Crippen LogP contribution is -2.17. The maximum Gasteiger partial charge on any atom is 0.420 e. The first-order chi connectivity index (χ1) is 13.6. The Labute approximate surface area is 161 Å². The number of nitrogens with zero attached hydrogens (tertiary/aromatic N) is 3. The summed E-state index contributed by atoms with van der Waals surface area (Å²) >= 11 is 0. The lowest BCUT2D eigenvalue weighted by molar-refractivity contribution is -0.138. The minimum Gasteiger partial charge on any atom is -0.480 e. The van der Waals surface area contributed by atoms with Crippen LogP contribution in [0.2, 0.25) is 0 Å². The van der Waals surface area contributed by atoms with Crippen LogP contribution in [0.25, 0.3) is 5.65 Å². The summed E-state index contributed by atoms with van der Waals surface area (Å²) in [6.07, 6.45) is -2.30. The van der Waals surface area contributed by atoms with Crippen molar-refractivity contribution < 1.29 is 31.1 Å². The second kappa shape index (κ2) is 6.93. The van der Waals surface area contributed by atoms with Gasteiger partial charge in [-0.05, 0) is 31.7 Å². The van der Waals surface area contributed by atoms with E-state index in [4.69, 9.17) is 4.74 Å². The van der Waals surface area contributed by atoms with Gasteiger partial charge in [-0.2, -0.15) is 13.2 Å². The van der Waals surface area contributed by atoms with Crippen molar-refractivity contribution in [3.05, 3.63) is 58.8 Å². The number of fused-ring (bicyclic) bond motifs is 1. The number of rotatable bonds is 5. The van der Waals surface area contributed by atoms with E-state index in [2.05, 4.69) is 10.2 Å². The van der Waals surface area contributed by atoms with Crippen molar-refractivity contribution >= 4 is 5.65 Å². The molecule has 1 atom stereocenters. The monoisotopic (exact) mass is 415 g/mol. The molecule has 1 aliphatic carbocycles. The average Bonchev–Trinajstić information content (AvgIpc) is 3.35. The highest BCUT2D eigenvalue weighted by Crippen LogP contribution is 2.40. The smallest absolute Gasteiger partial charge is 0.420 e. The van der Waals surface area contributed by atoms with Crippen LogP contribution in [0.5, 0.6) is 5.75 Å². The zero-order chi connectivity index (χ0) is 20.9. The molecule has 2 heterocycles. The minimum atomic E-state index is -4.81. The molecular formula is C19H15F6N3O. The van der Waals surface area contributed by atoms with Crippen molar-refractivity contribution in [2.75, 3.05) is 0 Å². The van der Waals surface area contributed by atoms with Gasteiger partial charge in [0, 0.05) is 30.3 Å². The van der Waals surface area contributed by atoms with Crippen LogP contribution in [0.3, 0.4) is 0 Å². The predicted molar refractivity (Wildman–Crippen MR) is 89.8 cm³/mol. The van der Waals surface area contributed by atoms with Crippen molar-refractivity contribution in [1.82, 2.24) is 14.6 Å². The molecule has 0 unspecified atom stereocenters. The molecule has 4 nitrogen and oxygen atoms in total. The Kier molecular flexibility index (Phi) is 4.66. The fourth-order valence-corrected chi connectivity index (χ4v) is 3.25. The number of ether oxygens (including phenoxy) is 1. The first kappa shape index (κ1) is 19.5. The minimum absolute atomic E-state index is 0.363. The highest BCUT2D eigenvalue weighted by Gasteiger charge is 2.39. The molecule has 2 aromatic heterocycles. The molecule has 29 heavy (non-hydrogen) atoms. The largest absolute Gasteiger partial charge is 0.480 e. The molecule has 154 valence electrons. The number of pyridine rings is 1. The van der Waals surface area contributed by atoms with Gasteiger partial charge in [0.1, 0.15) is 23.3 Å². The molecule has 0 spiro atoms. The van der Waals surface area contributed by atoms with Crippen molar-refractivity contribution in [3.63, 3.8) is 0 Å². The second-order valence-electron chi connectivity index (χ2n) is 7.06. The van der Waals surface area contributed by atoms with Crippen LogP contribution >= 0.6 is 0 Å². The van der Waals surface area contributed by atoms with Crippen molar-refractivity contribution in [2.24, 2.45) is 5.92 Å². The van der Waals surface area contributed by atoms with Gasteiger partial charge in [0.15, 0.2) is 23.0 Å². The van der Waals surface area contributed by atoms with Gasteiger partial charge in [-0.25, -0.2) is 13.2 Å². The van der Waals surface area contributed by atoms with Gasteiger partial charge in [0.2, 0.25) is 0 Å². The number of benzene rings is 1. The van der Waals surface area contributed by atoms with Crippen LogP contribution in [0.15, 0.2) is 24.4 Å². The van der Waals surface area contributed by atoms with Crippen LogP contribution in [-0.2, 0) is 12.6 Å². The number of hydrogen-bond donors (Lipinski definition) is 0. The second-order valence-corrected chi connectivity index (χ2v) is 7.06. The summed E-state index contributed by atoms with van der Waals surface area (Å²) in [4.78, 5) is 0. The van der Waals surface area contributed by atoms with Crippen LogP contribution in [0.1, 0.15) is 42.8 Å². The third kappa shape index (κ3) is 3.75. The molecule has 3 aromatic rings. The standard InChI is InChI=1S/C19H15F6N3O/c1-9(29-17-13(21)7-11(20)8-14(17)22)12-4-5-28-15(6-10-2-3-10)26-27-18(28)16(12)19(23,24)25/h4-5,7-10H,2-3,6H2,1H3/t9-/m0/s1. The first-order valence-corrected chi connectivity index (χ1v) is 8.90. The maximum absolute atomic E-state index is 13.9. The summed E-state index contributed by atoms with van der Waals surface area (Å²) in [5.74, 6) is -4.00. The molecule has 1 aromatic carbocycles. The number of hydrogen-bond acceptors (Lipinski definition) is 3. The Morgan fingerprint density at radius 3 is 2.38 bits per heavy atom. The van der Waals surface area contributed by atoms with E-state index in [0.717, 1.165) is 12.8 Å². The Morgan fingerprint density at radius 2 is 1.79 bits per heavy atom. The fraction of sp³-hybridized carbons (Fsp3) is 0.368. The quantitative estimate of drug-likeness (QED) is 0.534. The van der Waals surface area contributed by atoms with E-state index in [1.807, 2.05) is 0 Å². The van der Waals surface area contributed by atoms with E-state index in [1.165, 1.54) is 23.6 Å². The van der Waals surface area contributed by atoms with Crippen molar-refractivity contribution in [1.29, 1.82) is 0 Å². The summed E-state index contributed by atoms with van der Waals surface area (Å²) in [7, 11) is 0. The topological polar surface area (TPSA) is 39.4 Å². The molecule has 1 aliphatic rings. The number of halogens is 6. The van der Waals surface area contributed by atoms with Gasteiger partial charge in [-0.3, -0.25) is 4.40 Å². The molecule has 0 N–H and O–H groups in total. The van der Waals surface area contributed by atoms with Gasteiger partial charge in [0.25, 0.3) is 0 Å². The highest BCUT2D eigenvalue weighted by atomic mass is 19.4. The lowest BCUT2D eigenvalue weighted by Gasteiger charge is -2.21. The zero-order valence-electron chi connectivity index (χ0n) is 15.1. The highest BCUT2D eigenvalue weighted by molar-refractivity contribution is 5.54. The van der Waals surface area contributed by atoms with Crippen molar-refractivity contribution in [2.45, 2.75) is 38.5 Å². The van der Waals surface area contributed by atoms with E-state index in [9.17, 15) is 26.3 Å². The lowest BCUT2D eigenvalue weighted by atomic mass is 10.0. The van der Waals surface area contributed by atoms with Gasteiger partial charge in [-0.15, -0.1) is 10.2 Å². The molecule has 10 heteroatoms. The van der Waals surface area contributed by atoms with Crippen LogP contribution in [0.4, 0.5) is 26.3 Å². The van der Waals surface area contributed by atoms with E-state index < -0.39 is 46.7 Å². The molecule has 0 saturated heterocycles. The van der Waals surface area contributed by atoms with Crippen molar-refractivity contribution in [3.8, 4) is 5.75 Å². The Balaban J connectivity index is 1.76. The van der Waals surface area contributed by atoms with E-state index in [-0.39, 0.29) is 5.56 Å². The Bertz CT molecular complexity index is 1050. The number of aromatic nitrogens is 3. The zero-order valence-corrected chi connectivity index (χ0v) is 15.1. The van der Waals surface area contributed by atoms with E-state index >= 15 is 0 Å². The fourth-order valence-electron chi connectivity index (χ4n) is 3.25. The van der Waals surface area contributed by atoms with Gasteiger partial charge in [-0.1, -0.05) is 0 Å². The van der Waals surface area contributed by atoms with Gasteiger partial charge < -0.3 is 4.74 Å². The summed E-state index contributed by atoms with van der Waals surface area (Å²) in [6, 6.07) is 1.95. The molecule has 0 radical (unpaired) electrons. The van der Waals surface area contributed by atoms with E-state index in [0.29, 0.717) is 30.3 Å². The number of alkyl halides is 3. The summed E-state index contributed by atoms with van der Waals surface area (Å²) < 4.78 is 88.7. The summed E-state index contributed by atoms with van der Waals surface area (Å²) in [5, 5.41) is 7.58. The molecule has 4 rings (SSSR count). The SMILES string of the molecule is C[C@H](Oc1c(F)cc(F)cc1F)c1ccn2c(CC3CC3)nnc2c1C(F)(F)F. The molecule has 1 fully saturated rings. The molecule has 0 aliphatic heterocycles. The normalized spacial score (nSPS) is 15.7. The predicted octanol–water partition coefficient (Wildman–Crippen LogP) is 5.26.